The van der Waals surface area contributed by atoms with Gasteiger partial charge in [0.05, 0.1) is 31.6 Å². The van der Waals surface area contributed by atoms with E-state index in [1.54, 1.807) is 13.2 Å². The highest BCUT2D eigenvalue weighted by Gasteiger charge is 2.23. The fourth-order valence-corrected chi connectivity index (χ4v) is 1.95. The van der Waals surface area contributed by atoms with Gasteiger partial charge in [-0.15, -0.1) is 0 Å². The van der Waals surface area contributed by atoms with Gasteiger partial charge in [0.1, 0.15) is 5.75 Å². The van der Waals surface area contributed by atoms with Crippen LogP contribution in [-0.4, -0.2) is 40.5 Å². The van der Waals surface area contributed by atoms with E-state index in [0.29, 0.717) is 19.0 Å². The maximum atomic E-state index is 5.68. The number of anilines is 1. The van der Waals surface area contributed by atoms with Gasteiger partial charge in [-0.1, -0.05) is 5.10 Å². The molecule has 0 saturated carbocycles. The first-order valence-corrected chi connectivity index (χ1v) is 5.75. The van der Waals surface area contributed by atoms with E-state index in [0.717, 1.165) is 11.3 Å². The van der Waals surface area contributed by atoms with Gasteiger partial charge in [0, 0.05) is 0 Å². The average molecular weight is 263 g/mol. The van der Waals surface area contributed by atoms with E-state index in [1.165, 1.54) is 4.68 Å². The van der Waals surface area contributed by atoms with Crippen molar-refractivity contribution in [2.45, 2.75) is 6.29 Å². The van der Waals surface area contributed by atoms with Gasteiger partial charge in [0.25, 0.3) is 0 Å². The van der Waals surface area contributed by atoms with Crippen LogP contribution in [0.5, 0.6) is 5.75 Å². The molecule has 100 valence electrons. The zero-order valence-electron chi connectivity index (χ0n) is 10.3. The number of methoxy groups -OCH3 is 1. The van der Waals surface area contributed by atoms with Crippen LogP contribution in [0.3, 0.4) is 0 Å². The lowest BCUT2D eigenvalue weighted by atomic mass is 10.1. The Hall–Kier alpha value is -2.19. The summed E-state index contributed by atoms with van der Waals surface area (Å²) in [5.41, 5.74) is 7.18. The molecule has 1 aliphatic rings. The Morgan fingerprint density at radius 3 is 2.79 bits per heavy atom. The first kappa shape index (κ1) is 11.9. The molecule has 0 unspecified atom stereocenters. The second-order valence-electron chi connectivity index (χ2n) is 3.95. The molecule has 1 aliphatic heterocycles. The fourth-order valence-electron chi connectivity index (χ4n) is 1.95. The lowest BCUT2D eigenvalue weighted by molar-refractivity contribution is -0.0454. The molecule has 2 heterocycles. The molecule has 3 rings (SSSR count). The molecular formula is C11H13N5O3. The molecule has 0 spiro atoms. The molecular weight excluding hydrogens is 250 g/mol. The van der Waals surface area contributed by atoms with E-state index < -0.39 is 6.29 Å². The van der Waals surface area contributed by atoms with E-state index >= 15 is 0 Å². The Labute approximate surface area is 109 Å². The Bertz CT molecular complexity index is 579. The van der Waals surface area contributed by atoms with Crippen molar-refractivity contribution in [2.75, 3.05) is 26.1 Å². The molecule has 2 aromatic rings. The van der Waals surface area contributed by atoms with Gasteiger partial charge < -0.3 is 19.9 Å². The number of aromatic nitrogens is 4. The molecule has 0 bridgehead atoms. The minimum atomic E-state index is -0.437. The number of nitrogens with two attached hydrogens (primary N) is 1. The summed E-state index contributed by atoms with van der Waals surface area (Å²) in [6.45, 7) is 1.12. The lowest BCUT2D eigenvalue weighted by Crippen LogP contribution is -2.06. The monoisotopic (exact) mass is 263 g/mol. The predicted octanol–water partition coefficient (Wildman–Crippen LogP) is 0.298. The van der Waals surface area contributed by atoms with Crippen LogP contribution in [0.25, 0.3) is 5.69 Å². The van der Waals surface area contributed by atoms with E-state index in [9.17, 15) is 0 Å². The summed E-state index contributed by atoms with van der Waals surface area (Å²) in [5.74, 6) is 0.895. The molecule has 1 saturated heterocycles. The minimum Gasteiger partial charge on any atom is -0.496 e. The van der Waals surface area contributed by atoms with Crippen LogP contribution in [0.15, 0.2) is 18.2 Å². The van der Waals surface area contributed by atoms with Crippen LogP contribution in [0.2, 0.25) is 0 Å². The SMILES string of the molecule is COc1ccc(-n2nnnc2N)cc1C1OCCO1. The van der Waals surface area contributed by atoms with Crippen LogP contribution in [0.1, 0.15) is 11.9 Å². The van der Waals surface area contributed by atoms with Gasteiger partial charge in [0.2, 0.25) is 5.95 Å². The molecule has 1 aromatic heterocycles. The van der Waals surface area contributed by atoms with Crippen LogP contribution in [-0.2, 0) is 9.47 Å². The summed E-state index contributed by atoms with van der Waals surface area (Å²) in [4.78, 5) is 0. The number of nitrogens with zero attached hydrogens (tertiary/aromatic N) is 4. The molecule has 1 fully saturated rings. The second kappa shape index (κ2) is 4.82. The number of benzene rings is 1. The topological polar surface area (TPSA) is 97.3 Å². The van der Waals surface area contributed by atoms with E-state index in [-0.39, 0.29) is 5.95 Å². The summed E-state index contributed by atoms with van der Waals surface area (Å²) in [7, 11) is 1.60. The van der Waals surface area contributed by atoms with Crippen molar-refractivity contribution in [3.63, 3.8) is 0 Å². The Balaban J connectivity index is 2.04. The molecule has 8 heteroatoms. The van der Waals surface area contributed by atoms with Gasteiger partial charge in [-0.2, -0.15) is 4.68 Å². The summed E-state index contributed by atoms with van der Waals surface area (Å²) in [6, 6.07) is 5.45. The largest absolute Gasteiger partial charge is 0.496 e. The van der Waals surface area contributed by atoms with Crippen molar-refractivity contribution in [3.8, 4) is 11.4 Å². The van der Waals surface area contributed by atoms with Crippen molar-refractivity contribution in [2.24, 2.45) is 0 Å². The zero-order valence-corrected chi connectivity index (χ0v) is 10.3. The molecule has 19 heavy (non-hydrogen) atoms. The van der Waals surface area contributed by atoms with Crippen molar-refractivity contribution in [3.05, 3.63) is 23.8 Å². The minimum absolute atomic E-state index is 0.212. The third-order valence-electron chi connectivity index (χ3n) is 2.83. The smallest absolute Gasteiger partial charge is 0.245 e. The third kappa shape index (κ3) is 2.11. The van der Waals surface area contributed by atoms with Crippen molar-refractivity contribution in [1.82, 2.24) is 20.2 Å². The Kier molecular flexibility index (Phi) is 3.02. The zero-order chi connectivity index (χ0) is 13.2. The first-order chi connectivity index (χ1) is 9.29. The van der Waals surface area contributed by atoms with E-state index in [4.69, 9.17) is 19.9 Å². The lowest BCUT2D eigenvalue weighted by Gasteiger charge is -2.15. The molecule has 1 aromatic carbocycles. The normalized spacial score (nSPS) is 15.8. The second-order valence-corrected chi connectivity index (χ2v) is 3.95. The van der Waals surface area contributed by atoms with Gasteiger partial charge in [-0.25, -0.2) is 0 Å². The molecule has 0 atom stereocenters. The fraction of sp³-hybridized carbons (Fsp3) is 0.364. The maximum Gasteiger partial charge on any atom is 0.245 e. The molecule has 8 nitrogen and oxygen atoms in total. The molecule has 2 N–H and O–H groups in total. The molecule has 0 radical (unpaired) electrons. The third-order valence-corrected chi connectivity index (χ3v) is 2.83. The Morgan fingerprint density at radius 2 is 2.16 bits per heavy atom. The van der Waals surface area contributed by atoms with Crippen LogP contribution in [0.4, 0.5) is 5.95 Å². The van der Waals surface area contributed by atoms with E-state index in [2.05, 4.69) is 15.5 Å². The van der Waals surface area contributed by atoms with Gasteiger partial charge >= 0.3 is 0 Å². The van der Waals surface area contributed by atoms with Crippen LogP contribution >= 0.6 is 0 Å². The standard InChI is InChI=1S/C11H13N5O3/c1-17-9-3-2-7(16-11(12)13-14-15-16)6-8(9)10-18-4-5-19-10/h2-3,6,10H,4-5H2,1H3,(H2,12,13,15). The van der Waals surface area contributed by atoms with Gasteiger partial charge in [-0.05, 0) is 28.6 Å². The van der Waals surface area contributed by atoms with Gasteiger partial charge in [-0.3, -0.25) is 0 Å². The predicted molar refractivity (Wildman–Crippen MR) is 64.8 cm³/mol. The summed E-state index contributed by atoms with van der Waals surface area (Å²) in [6.07, 6.45) is -0.437. The number of hydrogen-bond donors (Lipinski definition) is 1. The quantitative estimate of drug-likeness (QED) is 0.850. The maximum absolute atomic E-state index is 5.68. The number of hydrogen-bond acceptors (Lipinski definition) is 7. The van der Waals surface area contributed by atoms with Gasteiger partial charge in [0.15, 0.2) is 6.29 Å². The molecule has 0 aliphatic carbocycles. The van der Waals surface area contributed by atoms with Crippen molar-refractivity contribution >= 4 is 5.95 Å². The number of nitrogen functional groups attached to an aromatic ring is 1. The van der Waals surface area contributed by atoms with E-state index in [1.807, 2.05) is 12.1 Å². The summed E-state index contributed by atoms with van der Waals surface area (Å²) < 4.78 is 17.7. The highest BCUT2D eigenvalue weighted by Crippen LogP contribution is 2.32. The van der Waals surface area contributed by atoms with Crippen molar-refractivity contribution in [1.29, 1.82) is 0 Å². The molecule has 0 amide bonds. The average Bonchev–Trinajstić information content (AvgIpc) is 3.09. The highest BCUT2D eigenvalue weighted by molar-refractivity contribution is 5.46. The number of tetrazole rings is 1. The Morgan fingerprint density at radius 1 is 1.37 bits per heavy atom. The first-order valence-electron chi connectivity index (χ1n) is 5.75. The number of rotatable bonds is 3. The summed E-state index contributed by atoms with van der Waals surface area (Å²) >= 11 is 0. The number of ether oxygens (including phenoxy) is 3. The van der Waals surface area contributed by atoms with Crippen LogP contribution in [0, 0.1) is 0 Å². The van der Waals surface area contributed by atoms with Crippen LogP contribution < -0.4 is 10.5 Å². The summed E-state index contributed by atoms with van der Waals surface area (Å²) in [5, 5.41) is 11.0. The highest BCUT2D eigenvalue weighted by atomic mass is 16.7. The van der Waals surface area contributed by atoms with Crippen molar-refractivity contribution < 1.29 is 14.2 Å².